The molecule has 1 aromatic rings. The molecule has 116 valence electrons. The van der Waals surface area contributed by atoms with Gasteiger partial charge in [0.2, 0.25) is 0 Å². The normalized spacial score (nSPS) is 46.0. The molecule has 3 fully saturated rings. The van der Waals surface area contributed by atoms with Crippen LogP contribution < -0.4 is 10.6 Å². The highest BCUT2D eigenvalue weighted by molar-refractivity contribution is 5.75. The first-order chi connectivity index (χ1) is 10.5. The van der Waals surface area contributed by atoms with Crippen molar-refractivity contribution in [3.63, 3.8) is 0 Å². The molecule has 3 saturated carbocycles. The van der Waals surface area contributed by atoms with Crippen LogP contribution in [0.15, 0.2) is 30.9 Å². The third-order valence-electron chi connectivity index (χ3n) is 8.37. The second kappa shape index (κ2) is 3.37. The molecule has 2 N–H and O–H groups in total. The van der Waals surface area contributed by atoms with E-state index in [1.807, 2.05) is 0 Å². The maximum atomic E-state index is 4.28. The lowest BCUT2D eigenvalue weighted by atomic mass is 9.66. The van der Waals surface area contributed by atoms with Crippen molar-refractivity contribution in [2.75, 3.05) is 14.1 Å². The first-order valence-corrected chi connectivity index (χ1v) is 8.65. The van der Waals surface area contributed by atoms with E-state index in [-0.39, 0.29) is 11.1 Å². The zero-order chi connectivity index (χ0) is 15.5. The Morgan fingerprint density at radius 3 is 2.68 bits per heavy atom. The summed E-state index contributed by atoms with van der Waals surface area (Å²) in [6.07, 6.45) is 4.97. The van der Waals surface area contributed by atoms with Crippen molar-refractivity contribution in [2.45, 2.75) is 43.7 Å². The van der Waals surface area contributed by atoms with Gasteiger partial charge in [-0.1, -0.05) is 24.3 Å². The van der Waals surface area contributed by atoms with Crippen molar-refractivity contribution in [1.29, 1.82) is 0 Å². The summed E-state index contributed by atoms with van der Waals surface area (Å²) in [7, 11) is 4.21. The lowest BCUT2D eigenvalue weighted by Gasteiger charge is -2.46. The molecule has 0 aromatic heterocycles. The average molecular weight is 294 g/mol. The zero-order valence-corrected chi connectivity index (χ0v) is 14.1. The molecule has 4 aliphatic rings. The lowest BCUT2D eigenvalue weighted by molar-refractivity contribution is 0.0850. The molecule has 1 spiro atoms. The van der Waals surface area contributed by atoms with Crippen LogP contribution in [0.2, 0.25) is 0 Å². The summed E-state index contributed by atoms with van der Waals surface area (Å²) in [4.78, 5) is 0. The molecule has 5 unspecified atom stereocenters. The second-order valence-corrected chi connectivity index (χ2v) is 8.10. The second-order valence-electron chi connectivity index (χ2n) is 8.10. The van der Waals surface area contributed by atoms with Gasteiger partial charge in [-0.15, -0.1) is 6.58 Å². The fourth-order valence-corrected chi connectivity index (χ4v) is 7.68. The number of aryl methyl sites for hydroxylation is 1. The molecule has 2 nitrogen and oxygen atoms in total. The molecular formula is C20H26N2. The molecule has 0 radical (unpaired) electrons. The van der Waals surface area contributed by atoms with Gasteiger partial charge in [-0.3, -0.25) is 0 Å². The maximum absolute atomic E-state index is 4.28. The van der Waals surface area contributed by atoms with Gasteiger partial charge < -0.3 is 10.6 Å². The van der Waals surface area contributed by atoms with E-state index in [2.05, 4.69) is 69.4 Å². The minimum Gasteiger partial charge on any atom is -0.302 e. The van der Waals surface area contributed by atoms with Crippen LogP contribution in [0.4, 0.5) is 0 Å². The van der Waals surface area contributed by atoms with Crippen LogP contribution >= 0.6 is 0 Å². The van der Waals surface area contributed by atoms with Crippen molar-refractivity contribution in [3.05, 3.63) is 47.5 Å². The highest BCUT2D eigenvalue weighted by Gasteiger charge is 3.09. The summed E-state index contributed by atoms with van der Waals surface area (Å²) in [5.41, 5.74) is 5.88. The number of hydrogen-bond acceptors (Lipinski definition) is 2. The van der Waals surface area contributed by atoms with E-state index in [0.717, 1.165) is 11.8 Å². The van der Waals surface area contributed by atoms with E-state index in [4.69, 9.17) is 0 Å². The lowest BCUT2D eigenvalue weighted by Crippen LogP contribution is -2.62. The van der Waals surface area contributed by atoms with E-state index in [1.54, 1.807) is 11.1 Å². The minimum atomic E-state index is 0.0227. The SMILES string of the molecule is C=CC12c3cccc(C)c3C3CCC4(C(C)(NC)NC)C1C324. The van der Waals surface area contributed by atoms with E-state index < -0.39 is 0 Å². The molecule has 2 heteroatoms. The molecule has 0 heterocycles. The zero-order valence-electron chi connectivity index (χ0n) is 14.1. The van der Waals surface area contributed by atoms with Gasteiger partial charge in [-0.05, 0) is 69.3 Å². The van der Waals surface area contributed by atoms with Crippen LogP contribution in [0.5, 0.6) is 0 Å². The number of allylic oxidation sites excluding steroid dienone is 1. The Labute approximate surface area is 133 Å². The Hall–Kier alpha value is -1.12. The third-order valence-corrected chi connectivity index (χ3v) is 8.37. The van der Waals surface area contributed by atoms with E-state index >= 15 is 0 Å². The largest absolute Gasteiger partial charge is 0.302 e. The van der Waals surface area contributed by atoms with Gasteiger partial charge in [-0.25, -0.2) is 0 Å². The molecular weight excluding hydrogens is 268 g/mol. The molecule has 5 rings (SSSR count). The molecule has 1 aromatic carbocycles. The highest BCUT2D eigenvalue weighted by atomic mass is 15.3. The number of rotatable bonds is 4. The van der Waals surface area contributed by atoms with Crippen molar-refractivity contribution >= 4 is 0 Å². The maximum Gasteiger partial charge on any atom is 0.0720 e. The van der Waals surface area contributed by atoms with Crippen LogP contribution in [0.25, 0.3) is 0 Å². The predicted molar refractivity (Wildman–Crippen MR) is 89.9 cm³/mol. The molecule has 5 atom stereocenters. The molecule has 0 amide bonds. The summed E-state index contributed by atoms with van der Waals surface area (Å²) < 4.78 is 0. The first-order valence-electron chi connectivity index (χ1n) is 8.65. The van der Waals surface area contributed by atoms with E-state index in [0.29, 0.717) is 10.8 Å². The van der Waals surface area contributed by atoms with Gasteiger partial charge in [0.05, 0.1) is 5.66 Å². The Balaban J connectivity index is 1.74. The summed E-state index contributed by atoms with van der Waals surface area (Å²) >= 11 is 0. The van der Waals surface area contributed by atoms with Gasteiger partial charge in [0.1, 0.15) is 0 Å². The third kappa shape index (κ3) is 0.838. The number of hydrogen-bond donors (Lipinski definition) is 2. The van der Waals surface area contributed by atoms with Gasteiger partial charge in [0, 0.05) is 16.2 Å². The van der Waals surface area contributed by atoms with Crippen molar-refractivity contribution in [2.24, 2.45) is 16.7 Å². The van der Waals surface area contributed by atoms with Crippen LogP contribution in [-0.2, 0) is 5.41 Å². The molecule has 4 aliphatic carbocycles. The number of fused-ring (bicyclic) bond motifs is 5. The van der Waals surface area contributed by atoms with Crippen LogP contribution in [-0.4, -0.2) is 19.8 Å². The van der Waals surface area contributed by atoms with Crippen LogP contribution in [0.1, 0.15) is 42.4 Å². The monoisotopic (exact) mass is 294 g/mol. The van der Waals surface area contributed by atoms with E-state index in [9.17, 15) is 0 Å². The average Bonchev–Trinajstić information content (AvgIpc) is 3.28. The Morgan fingerprint density at radius 1 is 1.32 bits per heavy atom. The summed E-state index contributed by atoms with van der Waals surface area (Å²) in [6, 6.07) is 6.92. The first kappa shape index (κ1) is 13.3. The van der Waals surface area contributed by atoms with Crippen molar-refractivity contribution in [1.82, 2.24) is 10.6 Å². The quantitative estimate of drug-likeness (QED) is 0.659. The van der Waals surface area contributed by atoms with E-state index in [1.165, 1.54) is 18.4 Å². The molecule has 22 heavy (non-hydrogen) atoms. The molecule has 0 saturated heterocycles. The fourth-order valence-electron chi connectivity index (χ4n) is 7.68. The van der Waals surface area contributed by atoms with Crippen LogP contribution in [0.3, 0.4) is 0 Å². The Morgan fingerprint density at radius 2 is 2.05 bits per heavy atom. The van der Waals surface area contributed by atoms with Gasteiger partial charge >= 0.3 is 0 Å². The summed E-state index contributed by atoms with van der Waals surface area (Å²) in [5, 5.41) is 7.23. The number of nitrogens with one attached hydrogen (secondary N) is 2. The van der Waals surface area contributed by atoms with Gasteiger partial charge in [0.15, 0.2) is 0 Å². The minimum absolute atomic E-state index is 0.0227. The topological polar surface area (TPSA) is 24.1 Å². The summed E-state index contributed by atoms with van der Waals surface area (Å²) in [5.74, 6) is 1.52. The smallest absolute Gasteiger partial charge is 0.0720 e. The standard InChI is InChI=1S/C20H26N2/c1-6-18-13-9-7-8-12(2)15(13)14-10-11-19(16(18)20(14,18)19)17(3,21-4)22-5/h6-9,14,16,21-22H,1,10-11H2,2-5H3. The van der Waals surface area contributed by atoms with Crippen molar-refractivity contribution < 1.29 is 0 Å². The van der Waals surface area contributed by atoms with Crippen molar-refractivity contribution in [3.8, 4) is 0 Å². The predicted octanol–water partition coefficient (Wildman–Crippen LogP) is 3.08. The number of benzene rings is 1. The Kier molecular flexibility index (Phi) is 2.04. The van der Waals surface area contributed by atoms with Gasteiger partial charge in [0.25, 0.3) is 0 Å². The summed E-state index contributed by atoms with van der Waals surface area (Å²) in [6.45, 7) is 8.94. The van der Waals surface area contributed by atoms with Gasteiger partial charge in [-0.2, -0.15) is 0 Å². The fraction of sp³-hybridized carbons (Fsp3) is 0.600. The Bertz CT molecular complexity index is 718. The van der Waals surface area contributed by atoms with Crippen LogP contribution in [0, 0.1) is 23.7 Å². The molecule has 0 bridgehead atoms. The molecule has 0 aliphatic heterocycles. The highest BCUT2D eigenvalue weighted by Crippen LogP contribution is 3.09.